The molecule has 0 aliphatic heterocycles. The maximum atomic E-state index is 13.4. The molecule has 29 heavy (non-hydrogen) atoms. The molecule has 2 aromatic carbocycles. The van der Waals surface area contributed by atoms with Crippen LogP contribution in [0.3, 0.4) is 0 Å². The number of ether oxygens (including phenoxy) is 1. The molecule has 0 saturated heterocycles. The van der Waals surface area contributed by atoms with E-state index in [4.69, 9.17) is 9.37 Å². The van der Waals surface area contributed by atoms with E-state index in [-0.39, 0.29) is 46.8 Å². The predicted octanol–water partition coefficient (Wildman–Crippen LogP) is 4.35. The molecule has 0 saturated carbocycles. The molecule has 0 radical (unpaired) electrons. The molecule has 1 heterocycles. The van der Waals surface area contributed by atoms with E-state index in [2.05, 4.69) is 47.3 Å². The minimum absolute atomic E-state index is 0.110. The van der Waals surface area contributed by atoms with Gasteiger partial charge in [0.15, 0.2) is 11.5 Å². The molecular formula is C19H14Br2FN3O4. The lowest BCUT2D eigenvalue weighted by Crippen LogP contribution is -2.17. The number of nitrogens with zero attached hydrogens (tertiary/aromatic N) is 3. The average Bonchev–Trinajstić information content (AvgIpc) is 3.16. The lowest BCUT2D eigenvalue weighted by Gasteiger charge is -2.06. The molecule has 0 atom stereocenters. The van der Waals surface area contributed by atoms with Gasteiger partial charge in [-0.05, 0) is 63.0 Å². The van der Waals surface area contributed by atoms with Crippen molar-refractivity contribution in [1.29, 1.82) is 0 Å². The summed E-state index contributed by atoms with van der Waals surface area (Å²) in [5, 5.41) is 20.1. The van der Waals surface area contributed by atoms with Crippen LogP contribution in [0.4, 0.5) is 4.39 Å². The summed E-state index contributed by atoms with van der Waals surface area (Å²) in [7, 11) is 0. The zero-order valence-electron chi connectivity index (χ0n) is 14.8. The van der Waals surface area contributed by atoms with Crippen LogP contribution >= 0.6 is 31.9 Å². The first-order chi connectivity index (χ1) is 14.0. The van der Waals surface area contributed by atoms with Crippen LogP contribution in [-0.2, 0) is 17.6 Å². The fourth-order valence-corrected chi connectivity index (χ4v) is 3.17. The third-order valence-electron chi connectivity index (χ3n) is 3.88. The number of carbonyl (C=O) groups is 1. The van der Waals surface area contributed by atoms with Gasteiger partial charge in [-0.2, -0.15) is 0 Å². The first-order valence-electron chi connectivity index (χ1n) is 8.33. The second kappa shape index (κ2) is 9.75. The van der Waals surface area contributed by atoms with Crippen molar-refractivity contribution in [3.63, 3.8) is 0 Å². The van der Waals surface area contributed by atoms with Gasteiger partial charge >= 0.3 is 0 Å². The second-order valence-electron chi connectivity index (χ2n) is 5.99. The van der Waals surface area contributed by atoms with Gasteiger partial charge in [0, 0.05) is 10.9 Å². The van der Waals surface area contributed by atoms with Gasteiger partial charge in [0.25, 0.3) is 0 Å². The largest absolute Gasteiger partial charge is 0.486 e. The van der Waals surface area contributed by atoms with E-state index in [1.165, 1.54) is 6.07 Å². The van der Waals surface area contributed by atoms with E-state index in [0.717, 1.165) is 4.47 Å². The van der Waals surface area contributed by atoms with Crippen LogP contribution in [0, 0.1) is 5.82 Å². The molecule has 1 N–H and O–H groups in total. The first kappa shape index (κ1) is 21.1. The Kier molecular flexibility index (Phi) is 7.10. The third-order valence-corrected chi connectivity index (χ3v) is 5.02. The highest BCUT2D eigenvalue weighted by Crippen LogP contribution is 2.19. The smallest absolute Gasteiger partial charge is 0.176 e. The molecule has 0 bridgehead atoms. The fourth-order valence-electron chi connectivity index (χ4n) is 2.48. The summed E-state index contributed by atoms with van der Waals surface area (Å²) in [4.78, 5) is 12.3. The first-order valence-corrected chi connectivity index (χ1v) is 9.91. The molecular weight excluding hydrogens is 513 g/mol. The molecule has 7 nitrogen and oxygen atoms in total. The average molecular weight is 527 g/mol. The summed E-state index contributed by atoms with van der Waals surface area (Å²) in [5.41, 5.74) is 1.19. The zero-order valence-corrected chi connectivity index (χ0v) is 18.0. The molecule has 1 aromatic heterocycles. The number of rotatable bonds is 8. The van der Waals surface area contributed by atoms with Gasteiger partial charge in [-0.15, -0.1) is 0 Å². The molecule has 150 valence electrons. The number of aromatic nitrogens is 2. The van der Waals surface area contributed by atoms with E-state index in [1.54, 1.807) is 36.4 Å². The number of hydrogen-bond donors (Lipinski definition) is 1. The highest BCUT2D eigenvalue weighted by molar-refractivity contribution is 9.10. The van der Waals surface area contributed by atoms with Crippen molar-refractivity contribution in [3.05, 3.63) is 74.2 Å². The summed E-state index contributed by atoms with van der Waals surface area (Å²) >= 11 is 6.43. The highest BCUT2D eigenvalue weighted by Gasteiger charge is 2.20. The molecule has 3 rings (SSSR count). The van der Waals surface area contributed by atoms with Gasteiger partial charge in [0.1, 0.15) is 29.6 Å². The van der Waals surface area contributed by atoms with Crippen LogP contribution in [0.1, 0.15) is 17.0 Å². The molecule has 0 fully saturated rings. The highest BCUT2D eigenvalue weighted by atomic mass is 79.9. The van der Waals surface area contributed by atoms with Crippen molar-refractivity contribution in [3.8, 4) is 5.75 Å². The molecule has 0 aliphatic carbocycles. The second-order valence-corrected chi connectivity index (χ2v) is 7.76. The quantitative estimate of drug-likeness (QED) is 0.266. The fraction of sp³-hybridized carbons (Fsp3) is 0.158. The van der Waals surface area contributed by atoms with E-state index in [0.29, 0.717) is 11.3 Å². The third kappa shape index (κ3) is 5.70. The molecule has 0 aliphatic rings. The Morgan fingerprint density at radius 1 is 1.14 bits per heavy atom. The molecule has 0 unspecified atom stereocenters. The van der Waals surface area contributed by atoms with Crippen molar-refractivity contribution in [2.45, 2.75) is 12.8 Å². The van der Waals surface area contributed by atoms with E-state index in [9.17, 15) is 14.4 Å². The Balaban J connectivity index is 1.66. The zero-order chi connectivity index (χ0) is 20.8. The monoisotopic (exact) mass is 525 g/mol. The van der Waals surface area contributed by atoms with Gasteiger partial charge < -0.3 is 9.94 Å². The summed E-state index contributed by atoms with van der Waals surface area (Å²) < 4.78 is 24.8. The number of benzene rings is 2. The Labute approximate surface area is 181 Å². The van der Waals surface area contributed by atoms with Crippen molar-refractivity contribution >= 4 is 43.4 Å². The molecule has 10 heteroatoms. The Bertz CT molecular complexity index is 1040. The maximum Gasteiger partial charge on any atom is 0.176 e. The van der Waals surface area contributed by atoms with E-state index >= 15 is 0 Å². The van der Waals surface area contributed by atoms with Crippen LogP contribution in [0.2, 0.25) is 0 Å². The lowest BCUT2D eigenvalue weighted by atomic mass is 10.0. The van der Waals surface area contributed by atoms with Gasteiger partial charge in [0.2, 0.25) is 0 Å². The van der Waals surface area contributed by atoms with E-state index in [1.807, 2.05) is 0 Å². The van der Waals surface area contributed by atoms with Gasteiger partial charge in [0.05, 0.1) is 10.9 Å². The Morgan fingerprint density at radius 2 is 1.90 bits per heavy atom. The van der Waals surface area contributed by atoms with Gasteiger partial charge in [-0.25, -0.2) is 9.02 Å². The lowest BCUT2D eigenvalue weighted by molar-refractivity contribution is -0.120. The summed E-state index contributed by atoms with van der Waals surface area (Å²) in [6.07, 6.45) is 0.0294. The maximum absolute atomic E-state index is 13.4. The summed E-state index contributed by atoms with van der Waals surface area (Å²) in [6, 6.07) is 11.5. The number of oxime groups is 1. The molecule has 3 aromatic rings. The number of hydrogen-bond acceptors (Lipinski definition) is 7. The Hall–Kier alpha value is -2.59. The van der Waals surface area contributed by atoms with Crippen molar-refractivity contribution in [2.75, 3.05) is 6.61 Å². The SMILES string of the molecule is O=C(COc1ccc(Br)cc1)Cc1nonc1/C(Cc1ccc(F)c(Br)c1)=N/O. The van der Waals surface area contributed by atoms with Crippen LogP contribution < -0.4 is 4.74 Å². The number of halogens is 3. The Morgan fingerprint density at radius 3 is 2.59 bits per heavy atom. The number of carbonyl (C=O) groups excluding carboxylic acids is 1. The van der Waals surface area contributed by atoms with Crippen molar-refractivity contribution < 1.29 is 23.8 Å². The van der Waals surface area contributed by atoms with Crippen molar-refractivity contribution in [2.24, 2.45) is 5.16 Å². The van der Waals surface area contributed by atoms with Crippen LogP contribution in [0.15, 0.2) is 61.2 Å². The van der Waals surface area contributed by atoms with Crippen LogP contribution in [-0.4, -0.2) is 33.6 Å². The minimum atomic E-state index is -0.406. The normalized spacial score (nSPS) is 11.5. The van der Waals surface area contributed by atoms with Gasteiger partial charge in [-0.3, -0.25) is 4.79 Å². The number of ketones is 1. The number of Topliss-reactive ketones (excluding diaryl/α,β-unsaturated/α-hetero) is 1. The summed E-state index contributed by atoms with van der Waals surface area (Å²) in [6.45, 7) is -0.162. The van der Waals surface area contributed by atoms with Crippen LogP contribution in [0.25, 0.3) is 0 Å². The molecule has 0 amide bonds. The van der Waals surface area contributed by atoms with Crippen LogP contribution in [0.5, 0.6) is 5.75 Å². The minimum Gasteiger partial charge on any atom is -0.486 e. The van der Waals surface area contributed by atoms with E-state index < -0.39 is 5.82 Å². The topological polar surface area (TPSA) is 97.8 Å². The predicted molar refractivity (Wildman–Crippen MR) is 109 cm³/mol. The molecule has 0 spiro atoms. The van der Waals surface area contributed by atoms with Gasteiger partial charge in [-0.1, -0.05) is 32.3 Å². The summed E-state index contributed by atoms with van der Waals surface area (Å²) in [5.74, 6) is -0.109. The standard InChI is InChI=1S/C19H14Br2FN3O4/c20-12-2-4-14(5-3-12)28-10-13(26)9-18-19(25-29-24-18)17(23-27)8-11-1-6-16(22)15(21)7-11/h1-7,27H,8-10H2/b23-17+. The van der Waals surface area contributed by atoms with Crippen molar-refractivity contribution in [1.82, 2.24) is 10.3 Å².